The highest BCUT2D eigenvalue weighted by molar-refractivity contribution is 5.42. The topological polar surface area (TPSA) is 62.9 Å². The Labute approximate surface area is 125 Å². The first-order chi connectivity index (χ1) is 10.1. The van der Waals surface area contributed by atoms with Crippen LogP contribution in [0.1, 0.15) is 28.1 Å². The number of aryl methyl sites for hydroxylation is 2. The number of ether oxygens (including phenoxy) is 1. The van der Waals surface area contributed by atoms with Crippen LogP contribution in [0, 0.1) is 25.2 Å². The molecule has 5 nitrogen and oxygen atoms in total. The molecular weight excluding hydrogens is 264 g/mol. The number of hydrogen-bond acceptors (Lipinski definition) is 4. The van der Waals surface area contributed by atoms with Gasteiger partial charge in [0.2, 0.25) is 0 Å². The van der Waals surface area contributed by atoms with E-state index in [4.69, 9.17) is 10.00 Å². The molecule has 1 aromatic heterocycles. The van der Waals surface area contributed by atoms with Crippen molar-refractivity contribution in [2.24, 2.45) is 7.05 Å². The number of nitriles is 1. The lowest BCUT2D eigenvalue weighted by atomic mass is 10.1. The third-order valence-electron chi connectivity index (χ3n) is 3.69. The molecule has 0 saturated heterocycles. The molecule has 0 bridgehead atoms. The summed E-state index contributed by atoms with van der Waals surface area (Å²) in [4.78, 5) is 0. The second-order valence-corrected chi connectivity index (χ2v) is 5.01. The molecule has 0 aliphatic carbocycles. The van der Waals surface area contributed by atoms with Crippen LogP contribution < -0.4 is 10.1 Å². The van der Waals surface area contributed by atoms with Crippen molar-refractivity contribution >= 4 is 0 Å². The molecule has 0 saturated carbocycles. The van der Waals surface area contributed by atoms with Crippen LogP contribution >= 0.6 is 0 Å². The van der Waals surface area contributed by atoms with E-state index < -0.39 is 0 Å². The lowest BCUT2D eigenvalue weighted by Gasteiger charge is -2.10. The van der Waals surface area contributed by atoms with E-state index in [1.54, 1.807) is 13.2 Å². The molecule has 1 heterocycles. The summed E-state index contributed by atoms with van der Waals surface area (Å²) in [7, 11) is 3.59. The average Bonchev–Trinajstić information content (AvgIpc) is 2.73. The van der Waals surface area contributed by atoms with Gasteiger partial charge >= 0.3 is 0 Å². The van der Waals surface area contributed by atoms with E-state index in [1.807, 2.05) is 30.8 Å². The molecule has 1 N–H and O–H groups in total. The van der Waals surface area contributed by atoms with Crippen molar-refractivity contribution in [1.29, 1.82) is 5.26 Å². The van der Waals surface area contributed by atoms with Crippen LogP contribution in [0.4, 0.5) is 0 Å². The highest BCUT2D eigenvalue weighted by Crippen LogP contribution is 2.20. The van der Waals surface area contributed by atoms with Crippen LogP contribution in [0.15, 0.2) is 18.2 Å². The van der Waals surface area contributed by atoms with Gasteiger partial charge in [-0.15, -0.1) is 0 Å². The predicted octanol–water partition coefficient (Wildman–Crippen LogP) is 2.21. The van der Waals surface area contributed by atoms with E-state index in [0.717, 1.165) is 29.2 Å². The molecule has 5 heteroatoms. The van der Waals surface area contributed by atoms with E-state index in [9.17, 15) is 0 Å². The zero-order chi connectivity index (χ0) is 15.4. The predicted molar refractivity (Wildman–Crippen MR) is 80.9 cm³/mol. The van der Waals surface area contributed by atoms with Crippen molar-refractivity contribution in [3.8, 4) is 11.8 Å². The fraction of sp³-hybridized carbons (Fsp3) is 0.375. The molecule has 0 amide bonds. The van der Waals surface area contributed by atoms with Gasteiger partial charge in [0.1, 0.15) is 5.75 Å². The van der Waals surface area contributed by atoms with Gasteiger partial charge in [0, 0.05) is 37.0 Å². The molecule has 21 heavy (non-hydrogen) atoms. The summed E-state index contributed by atoms with van der Waals surface area (Å²) in [6, 6.07) is 7.60. The van der Waals surface area contributed by atoms with Crippen molar-refractivity contribution in [1.82, 2.24) is 15.1 Å². The number of rotatable bonds is 5. The number of methoxy groups -OCH3 is 1. The third kappa shape index (κ3) is 3.23. The van der Waals surface area contributed by atoms with E-state index in [1.165, 1.54) is 5.56 Å². The largest absolute Gasteiger partial charge is 0.496 e. The second kappa shape index (κ2) is 6.42. The lowest BCUT2D eigenvalue weighted by Crippen LogP contribution is -2.14. The number of nitrogens with one attached hydrogen (secondary N) is 1. The zero-order valence-corrected chi connectivity index (χ0v) is 12.9. The zero-order valence-electron chi connectivity index (χ0n) is 12.9. The monoisotopic (exact) mass is 284 g/mol. The lowest BCUT2D eigenvalue weighted by molar-refractivity contribution is 0.407. The van der Waals surface area contributed by atoms with Crippen LogP contribution in [-0.2, 0) is 20.1 Å². The fourth-order valence-corrected chi connectivity index (χ4v) is 2.38. The van der Waals surface area contributed by atoms with Crippen LogP contribution in [0.25, 0.3) is 0 Å². The maximum Gasteiger partial charge on any atom is 0.123 e. The van der Waals surface area contributed by atoms with Crippen molar-refractivity contribution in [2.45, 2.75) is 26.9 Å². The molecule has 0 aliphatic rings. The number of nitrogens with zero attached hydrogens (tertiary/aromatic N) is 3. The molecule has 2 aromatic rings. The van der Waals surface area contributed by atoms with Crippen LogP contribution in [0.5, 0.6) is 5.75 Å². The number of hydrogen-bond donors (Lipinski definition) is 1. The summed E-state index contributed by atoms with van der Waals surface area (Å²) in [5.41, 5.74) is 5.04. The Morgan fingerprint density at radius 3 is 2.67 bits per heavy atom. The summed E-state index contributed by atoms with van der Waals surface area (Å²) in [5, 5.41) is 16.8. The first kappa shape index (κ1) is 15.1. The molecule has 2 rings (SSSR count). The molecule has 110 valence electrons. The third-order valence-corrected chi connectivity index (χ3v) is 3.69. The van der Waals surface area contributed by atoms with Gasteiger partial charge in [-0.05, 0) is 32.0 Å². The highest BCUT2D eigenvalue weighted by Gasteiger charge is 2.09. The van der Waals surface area contributed by atoms with Gasteiger partial charge in [0.25, 0.3) is 0 Å². The van der Waals surface area contributed by atoms with E-state index in [0.29, 0.717) is 12.1 Å². The Hall–Kier alpha value is -2.32. The molecule has 0 fully saturated rings. The maximum atomic E-state index is 8.98. The SMILES string of the molecule is COc1ccc(C#N)cc1CNCc1c(C)nn(C)c1C. The van der Waals surface area contributed by atoms with Gasteiger partial charge in [-0.2, -0.15) is 10.4 Å². The summed E-state index contributed by atoms with van der Waals surface area (Å²) < 4.78 is 7.23. The smallest absolute Gasteiger partial charge is 0.123 e. The number of benzene rings is 1. The van der Waals surface area contributed by atoms with Crippen LogP contribution in [0.2, 0.25) is 0 Å². The van der Waals surface area contributed by atoms with Crippen molar-refractivity contribution in [3.05, 3.63) is 46.3 Å². The van der Waals surface area contributed by atoms with E-state index in [2.05, 4.69) is 23.4 Å². The molecule has 0 unspecified atom stereocenters. The molecule has 0 atom stereocenters. The molecular formula is C16H20N4O. The molecule has 1 aromatic carbocycles. The first-order valence-electron chi connectivity index (χ1n) is 6.83. The van der Waals surface area contributed by atoms with Gasteiger partial charge in [-0.3, -0.25) is 4.68 Å². The van der Waals surface area contributed by atoms with E-state index in [-0.39, 0.29) is 0 Å². The van der Waals surface area contributed by atoms with Crippen molar-refractivity contribution < 1.29 is 4.74 Å². The summed E-state index contributed by atoms with van der Waals surface area (Å²) in [6.07, 6.45) is 0. The minimum atomic E-state index is 0.640. The minimum absolute atomic E-state index is 0.640. The Balaban J connectivity index is 2.08. The van der Waals surface area contributed by atoms with Gasteiger partial charge in [-0.1, -0.05) is 0 Å². The Kier molecular flexibility index (Phi) is 4.61. The Morgan fingerprint density at radius 1 is 1.33 bits per heavy atom. The highest BCUT2D eigenvalue weighted by atomic mass is 16.5. The van der Waals surface area contributed by atoms with Crippen molar-refractivity contribution in [2.75, 3.05) is 7.11 Å². The average molecular weight is 284 g/mol. The molecule has 0 radical (unpaired) electrons. The quantitative estimate of drug-likeness (QED) is 0.914. The normalized spacial score (nSPS) is 10.4. The van der Waals surface area contributed by atoms with Gasteiger partial charge in [-0.25, -0.2) is 0 Å². The number of aromatic nitrogens is 2. The summed E-state index contributed by atoms with van der Waals surface area (Å²) >= 11 is 0. The first-order valence-corrected chi connectivity index (χ1v) is 6.83. The van der Waals surface area contributed by atoms with Gasteiger partial charge in [0.15, 0.2) is 0 Å². The van der Waals surface area contributed by atoms with Crippen LogP contribution in [-0.4, -0.2) is 16.9 Å². The molecule has 0 aliphatic heterocycles. The Bertz CT molecular complexity index is 682. The van der Waals surface area contributed by atoms with Crippen LogP contribution in [0.3, 0.4) is 0 Å². The fourth-order valence-electron chi connectivity index (χ4n) is 2.38. The summed E-state index contributed by atoms with van der Waals surface area (Å²) in [6.45, 7) is 5.46. The minimum Gasteiger partial charge on any atom is -0.496 e. The van der Waals surface area contributed by atoms with Gasteiger partial charge in [0.05, 0.1) is 24.4 Å². The summed E-state index contributed by atoms with van der Waals surface area (Å²) in [5.74, 6) is 0.793. The molecule has 0 spiro atoms. The standard InChI is InChI=1S/C16H20N4O/c1-11-15(12(2)20(3)19-11)10-18-9-14-7-13(8-17)5-6-16(14)21-4/h5-7,18H,9-10H2,1-4H3. The van der Waals surface area contributed by atoms with Crippen molar-refractivity contribution in [3.63, 3.8) is 0 Å². The second-order valence-electron chi connectivity index (χ2n) is 5.01. The Morgan fingerprint density at radius 2 is 2.10 bits per heavy atom. The van der Waals surface area contributed by atoms with E-state index >= 15 is 0 Å². The maximum absolute atomic E-state index is 8.98. The van der Waals surface area contributed by atoms with Gasteiger partial charge < -0.3 is 10.1 Å².